The number of carbonyl (C=O) groups is 3. The van der Waals surface area contributed by atoms with E-state index in [1.54, 1.807) is 6.07 Å². The summed E-state index contributed by atoms with van der Waals surface area (Å²) in [5.74, 6) is -0.329. The average molecular weight is 436 g/mol. The van der Waals surface area contributed by atoms with E-state index in [9.17, 15) is 22.8 Å². The van der Waals surface area contributed by atoms with Gasteiger partial charge in [-0.15, -0.1) is 0 Å². The van der Waals surface area contributed by atoms with Crippen LogP contribution in [0.3, 0.4) is 0 Å². The van der Waals surface area contributed by atoms with Crippen molar-refractivity contribution in [3.63, 3.8) is 0 Å². The van der Waals surface area contributed by atoms with E-state index in [0.717, 1.165) is 17.4 Å². The minimum atomic E-state index is -3.47. The lowest BCUT2D eigenvalue weighted by Crippen LogP contribution is -2.52. The van der Waals surface area contributed by atoms with Gasteiger partial charge in [-0.1, -0.05) is 13.0 Å². The van der Waals surface area contributed by atoms with Crippen molar-refractivity contribution in [3.05, 3.63) is 28.8 Å². The van der Waals surface area contributed by atoms with Crippen LogP contribution in [-0.4, -0.2) is 56.6 Å². The molecule has 1 saturated heterocycles. The number of nitrogens with zero attached hydrogens (tertiary/aromatic N) is 1. The highest BCUT2D eigenvalue weighted by molar-refractivity contribution is 7.85. The Bertz CT molecular complexity index is 1040. The van der Waals surface area contributed by atoms with Crippen LogP contribution in [0.15, 0.2) is 12.1 Å². The first-order valence-corrected chi connectivity index (χ1v) is 11.7. The molecule has 0 saturated carbocycles. The largest absolute Gasteiger partial charge is 0.492 e. The molecule has 1 fully saturated rings. The molecule has 1 aromatic carbocycles. The summed E-state index contributed by atoms with van der Waals surface area (Å²) < 4.78 is 33.1. The van der Waals surface area contributed by atoms with Crippen LogP contribution in [0.25, 0.3) is 0 Å². The first-order chi connectivity index (χ1) is 14.1. The standard InChI is InChI=1S/C20H24N2O7S/c1-20(8-3-9-29-30(2,26)27)11-28-17-13-10-22(15-6-7-16(23)21-18(15)24)19(25)12(13)4-5-14(17)20/h4-5,15H,3,6-11H2,1-2H3,(H,21,23,24). The smallest absolute Gasteiger partial charge is 0.264 e. The summed E-state index contributed by atoms with van der Waals surface area (Å²) >= 11 is 0. The van der Waals surface area contributed by atoms with Crippen molar-refractivity contribution in [2.24, 2.45) is 0 Å². The van der Waals surface area contributed by atoms with Crippen molar-refractivity contribution < 1.29 is 31.7 Å². The maximum Gasteiger partial charge on any atom is 0.264 e. The summed E-state index contributed by atoms with van der Waals surface area (Å²) in [5.41, 5.74) is 1.93. The highest BCUT2D eigenvalue weighted by atomic mass is 32.2. The van der Waals surface area contributed by atoms with Crippen molar-refractivity contribution in [3.8, 4) is 5.75 Å². The van der Waals surface area contributed by atoms with Gasteiger partial charge in [-0.25, -0.2) is 0 Å². The number of imide groups is 1. The molecule has 9 nitrogen and oxygen atoms in total. The second kappa shape index (κ2) is 7.35. The fourth-order valence-electron chi connectivity index (χ4n) is 4.44. The molecule has 30 heavy (non-hydrogen) atoms. The third-order valence-corrected chi connectivity index (χ3v) is 6.62. The van der Waals surface area contributed by atoms with Crippen LogP contribution < -0.4 is 10.1 Å². The van der Waals surface area contributed by atoms with E-state index in [-0.39, 0.29) is 36.8 Å². The van der Waals surface area contributed by atoms with Gasteiger partial charge in [-0.3, -0.25) is 23.9 Å². The highest BCUT2D eigenvalue weighted by Crippen LogP contribution is 2.47. The number of fused-ring (bicyclic) bond motifs is 3. The quantitative estimate of drug-likeness (QED) is 0.399. The van der Waals surface area contributed by atoms with Crippen LogP contribution >= 0.6 is 0 Å². The van der Waals surface area contributed by atoms with Crippen molar-refractivity contribution in [1.29, 1.82) is 0 Å². The number of nitrogens with one attached hydrogen (secondary N) is 1. The minimum Gasteiger partial charge on any atom is -0.492 e. The van der Waals surface area contributed by atoms with Gasteiger partial charge < -0.3 is 9.64 Å². The SMILES string of the molecule is CC1(CCCOS(C)(=O)=O)COc2c1ccc1c2CN(C2CCC(=O)NC2=O)C1=O. The molecule has 10 heteroatoms. The summed E-state index contributed by atoms with van der Waals surface area (Å²) in [6.07, 6.45) is 2.76. The number of carbonyl (C=O) groups excluding carboxylic acids is 3. The van der Waals surface area contributed by atoms with E-state index < -0.39 is 22.1 Å². The number of hydrogen-bond donors (Lipinski definition) is 1. The van der Waals surface area contributed by atoms with Gasteiger partial charge in [-0.05, 0) is 25.3 Å². The van der Waals surface area contributed by atoms with Gasteiger partial charge in [0.25, 0.3) is 16.0 Å². The fraction of sp³-hybridized carbons (Fsp3) is 0.550. The van der Waals surface area contributed by atoms with Crippen LogP contribution in [0.5, 0.6) is 5.75 Å². The van der Waals surface area contributed by atoms with Crippen molar-refractivity contribution in [2.45, 2.75) is 50.6 Å². The van der Waals surface area contributed by atoms with Gasteiger partial charge in [0.1, 0.15) is 11.8 Å². The van der Waals surface area contributed by atoms with Crippen LogP contribution in [0.1, 0.15) is 54.1 Å². The zero-order valence-corrected chi connectivity index (χ0v) is 17.7. The van der Waals surface area contributed by atoms with Gasteiger partial charge in [0.05, 0.1) is 26.0 Å². The second-order valence-electron chi connectivity index (χ2n) is 8.35. The van der Waals surface area contributed by atoms with Gasteiger partial charge in [-0.2, -0.15) is 8.42 Å². The number of benzene rings is 1. The lowest BCUT2D eigenvalue weighted by molar-refractivity contribution is -0.136. The van der Waals surface area contributed by atoms with E-state index in [0.29, 0.717) is 37.2 Å². The molecule has 0 aliphatic carbocycles. The molecule has 4 rings (SSSR count). The zero-order chi connectivity index (χ0) is 21.7. The Labute approximate surface area is 174 Å². The van der Waals surface area contributed by atoms with Crippen LogP contribution in [0, 0.1) is 0 Å². The lowest BCUT2D eigenvalue weighted by Gasteiger charge is -2.29. The number of amides is 3. The van der Waals surface area contributed by atoms with Crippen LogP contribution in [0.4, 0.5) is 0 Å². The molecule has 3 amide bonds. The molecule has 2 atom stereocenters. The fourth-order valence-corrected chi connectivity index (χ4v) is 4.86. The molecule has 3 aliphatic rings. The second-order valence-corrected chi connectivity index (χ2v) is 9.99. The number of ether oxygens (including phenoxy) is 1. The molecule has 162 valence electrons. The summed E-state index contributed by atoms with van der Waals surface area (Å²) in [5, 5.41) is 2.30. The molecule has 0 bridgehead atoms. The maximum atomic E-state index is 12.9. The molecule has 3 heterocycles. The molecule has 0 aromatic heterocycles. The predicted molar refractivity (Wildman–Crippen MR) is 105 cm³/mol. The van der Waals surface area contributed by atoms with Crippen molar-refractivity contribution >= 4 is 27.8 Å². The Morgan fingerprint density at radius 1 is 1.30 bits per heavy atom. The molecule has 1 aromatic rings. The van der Waals surface area contributed by atoms with E-state index >= 15 is 0 Å². The van der Waals surface area contributed by atoms with E-state index in [4.69, 9.17) is 8.92 Å². The summed E-state index contributed by atoms with van der Waals surface area (Å²) in [4.78, 5) is 38.1. The normalized spacial score (nSPS) is 25.7. The highest BCUT2D eigenvalue weighted by Gasteiger charge is 2.44. The Balaban J connectivity index is 1.52. The molecule has 0 spiro atoms. The molecular formula is C20H24N2O7S. The van der Waals surface area contributed by atoms with Gasteiger partial charge in [0.15, 0.2) is 0 Å². The molecule has 3 aliphatic heterocycles. The van der Waals surface area contributed by atoms with Gasteiger partial charge in [0.2, 0.25) is 11.8 Å². The van der Waals surface area contributed by atoms with Crippen LogP contribution in [0.2, 0.25) is 0 Å². The van der Waals surface area contributed by atoms with Gasteiger partial charge >= 0.3 is 0 Å². The first-order valence-electron chi connectivity index (χ1n) is 9.87. The van der Waals surface area contributed by atoms with E-state index in [1.807, 2.05) is 13.0 Å². The minimum absolute atomic E-state index is 0.108. The Morgan fingerprint density at radius 3 is 2.77 bits per heavy atom. The third kappa shape index (κ3) is 3.69. The lowest BCUT2D eigenvalue weighted by atomic mass is 9.79. The van der Waals surface area contributed by atoms with Crippen LogP contribution in [-0.2, 0) is 35.9 Å². The van der Waals surface area contributed by atoms with Crippen molar-refractivity contribution in [2.75, 3.05) is 19.5 Å². The zero-order valence-electron chi connectivity index (χ0n) is 16.9. The van der Waals surface area contributed by atoms with Crippen molar-refractivity contribution in [1.82, 2.24) is 10.2 Å². The Morgan fingerprint density at radius 2 is 2.07 bits per heavy atom. The third-order valence-electron chi connectivity index (χ3n) is 6.02. The Hall–Kier alpha value is -2.46. The van der Waals surface area contributed by atoms with E-state index in [1.165, 1.54) is 4.90 Å². The summed E-state index contributed by atoms with van der Waals surface area (Å²) in [6.45, 7) is 2.83. The number of piperidine rings is 1. The first kappa shape index (κ1) is 20.8. The van der Waals surface area contributed by atoms with Gasteiger partial charge in [0, 0.05) is 28.5 Å². The predicted octanol–water partition coefficient (Wildman–Crippen LogP) is 0.854. The number of rotatable bonds is 6. The molecule has 1 N–H and O–H groups in total. The monoisotopic (exact) mass is 436 g/mol. The topological polar surface area (TPSA) is 119 Å². The summed E-state index contributed by atoms with van der Waals surface area (Å²) in [7, 11) is -3.47. The maximum absolute atomic E-state index is 12.9. The summed E-state index contributed by atoms with van der Waals surface area (Å²) in [6, 6.07) is 2.98. The molecule has 2 unspecified atom stereocenters. The molecule has 0 radical (unpaired) electrons. The Kier molecular flexibility index (Phi) is 5.09. The number of hydrogen-bond acceptors (Lipinski definition) is 7. The average Bonchev–Trinajstić information content (AvgIpc) is 3.17. The van der Waals surface area contributed by atoms with E-state index in [2.05, 4.69) is 5.32 Å². The molecular weight excluding hydrogens is 412 g/mol.